The van der Waals surface area contributed by atoms with Crippen LogP contribution in [-0.2, 0) is 4.74 Å². The smallest absolute Gasteiger partial charge is 0.349 e. The standard InChI is InChI=1S/C20H16N2O3S2/c1-12-5-7-14(8-6-12)15-9-11-27-17(15)20(23)24-13(2)18-21-22-19(25-18)16-4-3-10-26-16/h3-11,13H,1-2H3. The molecule has 1 aromatic carbocycles. The van der Waals surface area contributed by atoms with E-state index >= 15 is 0 Å². The monoisotopic (exact) mass is 396 g/mol. The molecule has 1 atom stereocenters. The summed E-state index contributed by atoms with van der Waals surface area (Å²) in [6.45, 7) is 3.76. The van der Waals surface area contributed by atoms with Crippen molar-refractivity contribution >= 4 is 28.6 Å². The molecule has 0 bridgehead atoms. The number of hydrogen-bond donors (Lipinski definition) is 0. The van der Waals surface area contributed by atoms with Gasteiger partial charge in [-0.1, -0.05) is 35.9 Å². The van der Waals surface area contributed by atoms with Crippen LogP contribution in [0.1, 0.15) is 34.2 Å². The van der Waals surface area contributed by atoms with Gasteiger partial charge in [-0.2, -0.15) is 0 Å². The number of aromatic nitrogens is 2. The molecule has 0 spiro atoms. The first-order valence-corrected chi connectivity index (χ1v) is 10.1. The lowest BCUT2D eigenvalue weighted by Gasteiger charge is -2.10. The van der Waals surface area contributed by atoms with Gasteiger partial charge in [-0.3, -0.25) is 0 Å². The second-order valence-corrected chi connectivity index (χ2v) is 7.86. The fourth-order valence-electron chi connectivity index (χ4n) is 2.59. The summed E-state index contributed by atoms with van der Waals surface area (Å²) in [4.78, 5) is 14.1. The molecule has 3 aromatic heterocycles. The highest BCUT2D eigenvalue weighted by Crippen LogP contribution is 2.31. The summed E-state index contributed by atoms with van der Waals surface area (Å²) < 4.78 is 11.2. The normalized spacial score (nSPS) is 12.1. The van der Waals surface area contributed by atoms with Gasteiger partial charge in [0.15, 0.2) is 6.10 Å². The first kappa shape index (κ1) is 17.6. The Labute approximate surface area is 164 Å². The lowest BCUT2D eigenvalue weighted by atomic mass is 10.1. The SMILES string of the molecule is Cc1ccc(-c2ccsc2C(=O)OC(C)c2nnc(-c3cccs3)o2)cc1. The highest BCUT2D eigenvalue weighted by molar-refractivity contribution is 7.13. The Balaban J connectivity index is 1.51. The van der Waals surface area contributed by atoms with Crippen LogP contribution in [0.2, 0.25) is 0 Å². The molecule has 0 N–H and O–H groups in total. The molecule has 3 heterocycles. The summed E-state index contributed by atoms with van der Waals surface area (Å²) >= 11 is 2.87. The van der Waals surface area contributed by atoms with Gasteiger partial charge in [-0.05, 0) is 42.3 Å². The number of aryl methyl sites for hydroxylation is 1. The van der Waals surface area contributed by atoms with E-state index in [1.807, 2.05) is 60.1 Å². The van der Waals surface area contributed by atoms with Gasteiger partial charge in [-0.15, -0.1) is 32.9 Å². The molecule has 0 saturated heterocycles. The Morgan fingerprint density at radius 2 is 1.89 bits per heavy atom. The van der Waals surface area contributed by atoms with Gasteiger partial charge < -0.3 is 9.15 Å². The van der Waals surface area contributed by atoms with E-state index in [9.17, 15) is 4.79 Å². The predicted molar refractivity (Wildman–Crippen MR) is 106 cm³/mol. The van der Waals surface area contributed by atoms with Crippen molar-refractivity contribution in [3.05, 3.63) is 69.6 Å². The molecule has 0 fully saturated rings. The maximum absolute atomic E-state index is 12.7. The molecule has 27 heavy (non-hydrogen) atoms. The highest BCUT2D eigenvalue weighted by atomic mass is 32.1. The Kier molecular flexibility index (Phi) is 4.87. The van der Waals surface area contributed by atoms with Crippen LogP contribution < -0.4 is 0 Å². The molecular formula is C20H16N2O3S2. The number of nitrogens with zero attached hydrogens (tertiary/aromatic N) is 2. The number of rotatable bonds is 5. The first-order valence-electron chi connectivity index (χ1n) is 8.34. The number of carbonyl (C=O) groups excluding carboxylic acids is 1. The molecular weight excluding hydrogens is 380 g/mol. The molecule has 4 rings (SSSR count). The van der Waals surface area contributed by atoms with Crippen molar-refractivity contribution in [2.75, 3.05) is 0 Å². The van der Waals surface area contributed by atoms with Crippen LogP contribution in [0, 0.1) is 6.92 Å². The molecule has 1 unspecified atom stereocenters. The number of ether oxygens (including phenoxy) is 1. The summed E-state index contributed by atoms with van der Waals surface area (Å²) in [5.74, 6) is 0.309. The molecule has 4 aromatic rings. The third-order valence-corrected chi connectivity index (χ3v) is 5.77. The van der Waals surface area contributed by atoms with Crippen molar-refractivity contribution in [2.45, 2.75) is 20.0 Å². The molecule has 0 aliphatic carbocycles. The molecule has 0 amide bonds. The molecule has 136 valence electrons. The number of hydrogen-bond acceptors (Lipinski definition) is 7. The zero-order valence-electron chi connectivity index (χ0n) is 14.7. The molecule has 0 radical (unpaired) electrons. The number of carbonyl (C=O) groups is 1. The van der Waals surface area contributed by atoms with Crippen molar-refractivity contribution in [3.63, 3.8) is 0 Å². The second-order valence-electron chi connectivity index (χ2n) is 6.00. The number of thiophene rings is 2. The first-order chi connectivity index (χ1) is 13.1. The highest BCUT2D eigenvalue weighted by Gasteiger charge is 2.23. The fourth-order valence-corrected chi connectivity index (χ4v) is 4.03. The van der Waals surface area contributed by atoms with Gasteiger partial charge in [0.05, 0.1) is 4.88 Å². The summed E-state index contributed by atoms with van der Waals surface area (Å²) in [6, 6.07) is 13.8. The largest absolute Gasteiger partial charge is 0.448 e. The lowest BCUT2D eigenvalue weighted by molar-refractivity contribution is 0.0286. The topological polar surface area (TPSA) is 65.2 Å². The second kappa shape index (κ2) is 7.46. The van der Waals surface area contributed by atoms with Gasteiger partial charge in [0.1, 0.15) is 4.88 Å². The van der Waals surface area contributed by atoms with Crippen LogP contribution in [0.4, 0.5) is 0 Å². The van der Waals surface area contributed by atoms with E-state index in [0.717, 1.165) is 16.0 Å². The minimum atomic E-state index is -0.633. The summed E-state index contributed by atoms with van der Waals surface area (Å²) in [5.41, 5.74) is 3.02. The molecule has 0 saturated carbocycles. The van der Waals surface area contributed by atoms with Gasteiger partial charge in [0, 0.05) is 5.56 Å². The Morgan fingerprint density at radius 3 is 2.63 bits per heavy atom. The quantitative estimate of drug-likeness (QED) is 0.402. The van der Waals surface area contributed by atoms with Crippen LogP contribution in [0.3, 0.4) is 0 Å². The molecule has 5 nitrogen and oxygen atoms in total. The van der Waals surface area contributed by atoms with E-state index in [4.69, 9.17) is 9.15 Å². The van der Waals surface area contributed by atoms with E-state index < -0.39 is 12.1 Å². The minimum absolute atomic E-state index is 0.278. The van der Waals surface area contributed by atoms with E-state index in [-0.39, 0.29) is 5.89 Å². The molecule has 0 aliphatic rings. The maximum Gasteiger partial charge on any atom is 0.349 e. The zero-order chi connectivity index (χ0) is 18.8. The summed E-state index contributed by atoms with van der Waals surface area (Å²) in [5, 5.41) is 11.9. The van der Waals surface area contributed by atoms with E-state index in [0.29, 0.717) is 10.8 Å². The lowest BCUT2D eigenvalue weighted by Crippen LogP contribution is -2.09. The minimum Gasteiger partial charge on any atom is -0.448 e. The number of benzene rings is 1. The maximum atomic E-state index is 12.7. The number of esters is 1. The van der Waals surface area contributed by atoms with Crippen LogP contribution in [0.25, 0.3) is 21.9 Å². The van der Waals surface area contributed by atoms with Gasteiger partial charge >= 0.3 is 5.97 Å². The third-order valence-electron chi connectivity index (χ3n) is 4.02. The van der Waals surface area contributed by atoms with E-state index in [1.165, 1.54) is 28.2 Å². The van der Waals surface area contributed by atoms with Crippen molar-refractivity contribution in [2.24, 2.45) is 0 Å². The molecule has 0 aliphatic heterocycles. The van der Waals surface area contributed by atoms with Crippen molar-refractivity contribution in [1.29, 1.82) is 0 Å². The van der Waals surface area contributed by atoms with Gasteiger partial charge in [-0.25, -0.2) is 4.79 Å². The van der Waals surface area contributed by atoms with Crippen LogP contribution in [0.15, 0.2) is 57.6 Å². The average Bonchev–Trinajstić information content (AvgIpc) is 3.41. The zero-order valence-corrected chi connectivity index (χ0v) is 16.3. The Morgan fingerprint density at radius 1 is 1.07 bits per heavy atom. The fraction of sp³-hybridized carbons (Fsp3) is 0.150. The van der Waals surface area contributed by atoms with Crippen molar-refractivity contribution < 1.29 is 13.9 Å². The van der Waals surface area contributed by atoms with Gasteiger partial charge in [0.25, 0.3) is 11.8 Å². The third kappa shape index (κ3) is 3.70. The van der Waals surface area contributed by atoms with E-state index in [1.54, 1.807) is 6.92 Å². The van der Waals surface area contributed by atoms with Crippen molar-refractivity contribution in [1.82, 2.24) is 10.2 Å². The summed E-state index contributed by atoms with van der Waals surface area (Å²) in [7, 11) is 0. The van der Waals surface area contributed by atoms with Crippen LogP contribution >= 0.6 is 22.7 Å². The average molecular weight is 396 g/mol. The Hall–Kier alpha value is -2.77. The summed E-state index contributed by atoms with van der Waals surface area (Å²) in [6.07, 6.45) is -0.633. The van der Waals surface area contributed by atoms with E-state index in [2.05, 4.69) is 10.2 Å². The van der Waals surface area contributed by atoms with Crippen LogP contribution in [-0.4, -0.2) is 16.2 Å². The Bertz CT molecular complexity index is 1050. The van der Waals surface area contributed by atoms with Gasteiger partial charge in [0.2, 0.25) is 0 Å². The van der Waals surface area contributed by atoms with Crippen molar-refractivity contribution in [3.8, 4) is 21.9 Å². The predicted octanol–water partition coefficient (Wildman–Crippen LogP) is 5.75. The molecule has 7 heteroatoms. The van der Waals surface area contributed by atoms with Crippen LogP contribution in [0.5, 0.6) is 0 Å².